The van der Waals surface area contributed by atoms with Gasteiger partial charge in [0.05, 0.1) is 5.41 Å². The molecule has 6 N–H and O–H groups in total. The minimum absolute atomic E-state index is 0.104. The summed E-state index contributed by atoms with van der Waals surface area (Å²) in [6.45, 7) is 29.0. The van der Waals surface area contributed by atoms with Crippen LogP contribution in [0.2, 0.25) is 0 Å². The molecule has 0 saturated carbocycles. The van der Waals surface area contributed by atoms with Gasteiger partial charge < -0.3 is 30.6 Å². The van der Waals surface area contributed by atoms with Gasteiger partial charge in [-0.15, -0.1) is 0 Å². The molecule has 8 aromatic carbocycles. The summed E-state index contributed by atoms with van der Waals surface area (Å²) in [5.74, 6) is 0. The smallest absolute Gasteiger partial charge is 0.400 e. The molecule has 492 valence electrons. The average Bonchev–Trinajstić information content (AvgIpc) is 1.59. The molecule has 1 aliphatic carbocycles. The molecule has 0 heterocycles. The number of fused-ring (bicyclic) bond motifs is 3. The summed E-state index contributed by atoms with van der Waals surface area (Å²) in [6.07, 6.45) is -10.5. The molecule has 0 fully saturated rings. The summed E-state index contributed by atoms with van der Waals surface area (Å²) in [7, 11) is 6.00. The van der Waals surface area contributed by atoms with Crippen LogP contribution in [0.5, 0.6) is 0 Å². The third-order valence-electron chi connectivity index (χ3n) is 9.45. The van der Waals surface area contributed by atoms with Crippen LogP contribution in [-0.2, 0) is 5.41 Å². The zero-order valence-electron chi connectivity index (χ0n) is 56.7. The molecule has 0 aliphatic heterocycles. The third-order valence-corrected chi connectivity index (χ3v) is 9.45. The average molecular weight is 1230 g/mol. The van der Waals surface area contributed by atoms with Gasteiger partial charge in [0.15, 0.2) is 5.41 Å². The van der Waals surface area contributed by atoms with Crippen molar-refractivity contribution in [2.75, 3.05) is 42.7 Å². The third kappa shape index (κ3) is 46.0. The second-order valence-corrected chi connectivity index (χ2v) is 16.8. The fourth-order valence-electron chi connectivity index (χ4n) is 6.10. The molecule has 1 aliphatic rings. The minimum Gasteiger partial charge on any atom is -0.400 e. The normalized spacial score (nSPS) is 9.59. The maximum atomic E-state index is 11.6. The van der Waals surface area contributed by atoms with Gasteiger partial charge in [0, 0.05) is 42.7 Å². The van der Waals surface area contributed by atoms with E-state index in [4.69, 9.17) is 30.6 Å². The van der Waals surface area contributed by atoms with Gasteiger partial charge in [0.25, 0.3) is 0 Å². The summed E-state index contributed by atoms with van der Waals surface area (Å²) >= 11 is 0. The lowest BCUT2D eigenvalue weighted by Gasteiger charge is -2.33. The monoisotopic (exact) mass is 1220 g/mol. The molecule has 0 radical (unpaired) electrons. The number of benzene rings is 8. The highest BCUT2D eigenvalue weighted by Gasteiger charge is 2.64. The summed E-state index contributed by atoms with van der Waals surface area (Å²) in [5, 5.41) is 42.0. The molecule has 0 saturated heterocycles. The van der Waals surface area contributed by atoms with Crippen molar-refractivity contribution in [1.82, 2.24) is 0 Å². The highest BCUT2D eigenvalue weighted by molar-refractivity contribution is 5.86. The van der Waals surface area contributed by atoms with Gasteiger partial charge in [-0.25, -0.2) is 0 Å². The summed E-state index contributed by atoms with van der Waals surface area (Å²) < 4.78 is 69.7. The summed E-state index contributed by atoms with van der Waals surface area (Å²) in [5.41, 5.74) is 4.67. The molecule has 0 unspecified atom stereocenters. The lowest BCUT2D eigenvalue weighted by Crippen LogP contribution is -2.44. The fraction of sp³-hybridized carbons (Fsp3) is 0.360. The highest BCUT2D eigenvalue weighted by Crippen LogP contribution is 2.56. The Bertz CT molecular complexity index is 2080. The van der Waals surface area contributed by atoms with Crippen LogP contribution in [-0.4, -0.2) is 85.7 Å². The number of halogens is 6. The number of aliphatic hydroxyl groups is 6. The first-order valence-corrected chi connectivity index (χ1v) is 29.0. The summed E-state index contributed by atoms with van der Waals surface area (Å²) in [4.78, 5) is 0. The fourth-order valence-corrected chi connectivity index (χ4v) is 6.10. The van der Waals surface area contributed by atoms with E-state index in [0.29, 0.717) is 5.41 Å². The SMILES string of the molecule is CC.CC.CC.CC.CC.CC(C)(C(F)(F)F)C(F)(F)F.CC(C)(C)C.CO.CO.CO.CO.CO.CO.c1ccc(C2(c3ccccc3)c3ccccc3-c3ccccc32)cc1.c1ccccc1.c1ccccc1.c1ccccc1.c1ccccc1. The lowest BCUT2D eigenvalue weighted by molar-refractivity contribution is -0.327. The van der Waals surface area contributed by atoms with Gasteiger partial charge in [-0.1, -0.05) is 352 Å². The van der Waals surface area contributed by atoms with E-state index in [0.717, 1.165) is 42.7 Å². The Morgan fingerprint density at radius 2 is 0.356 bits per heavy atom. The maximum Gasteiger partial charge on any atom is 0.402 e. The van der Waals surface area contributed by atoms with Crippen LogP contribution in [0.1, 0.15) is 133 Å². The molecule has 0 atom stereocenters. The van der Waals surface area contributed by atoms with Gasteiger partial charge in [0.2, 0.25) is 0 Å². The Labute approximate surface area is 525 Å². The lowest BCUT2D eigenvalue weighted by atomic mass is 9.68. The molecule has 6 nitrogen and oxygen atoms in total. The maximum absolute atomic E-state index is 11.6. The predicted molar refractivity (Wildman–Crippen MR) is 366 cm³/mol. The van der Waals surface area contributed by atoms with E-state index in [2.05, 4.69) is 137 Å². The van der Waals surface area contributed by atoms with Crippen molar-refractivity contribution < 1.29 is 57.0 Å². The zero-order chi connectivity index (χ0) is 69.7. The van der Waals surface area contributed by atoms with Crippen LogP contribution in [0.25, 0.3) is 11.1 Å². The van der Waals surface area contributed by atoms with E-state index in [9.17, 15) is 26.3 Å². The van der Waals surface area contributed by atoms with Crippen molar-refractivity contribution in [1.29, 1.82) is 0 Å². The number of hydrogen-bond donors (Lipinski definition) is 6. The molecular weight excluding hydrogens is 1110 g/mol. The van der Waals surface area contributed by atoms with Crippen molar-refractivity contribution in [2.24, 2.45) is 10.8 Å². The van der Waals surface area contributed by atoms with Gasteiger partial charge in [0.1, 0.15) is 0 Å². The Balaban J connectivity index is -0.000000120. The van der Waals surface area contributed by atoms with Gasteiger partial charge in [-0.2, -0.15) is 26.3 Å². The molecule has 0 bridgehead atoms. The van der Waals surface area contributed by atoms with Crippen LogP contribution in [0.4, 0.5) is 26.3 Å². The highest BCUT2D eigenvalue weighted by atomic mass is 19.4. The topological polar surface area (TPSA) is 121 Å². The number of aliphatic hydroxyl groups excluding tert-OH is 6. The summed E-state index contributed by atoms with van der Waals surface area (Å²) in [6, 6.07) is 87.5. The van der Waals surface area contributed by atoms with E-state index in [1.807, 2.05) is 215 Å². The molecule has 8 aromatic rings. The van der Waals surface area contributed by atoms with Crippen molar-refractivity contribution in [3.8, 4) is 11.1 Å². The first-order valence-electron chi connectivity index (χ1n) is 29.0. The minimum atomic E-state index is -5.24. The standard InChI is InChI=1S/C25H18.4C6H6.C5H6F6.C5H12.5C2H6.6CH4O/c1-3-11-19(12-4-1)25(20-13-5-2-6-14-20)23-17-9-7-15-21(23)22-16-8-10-18-24(22)25;4*1-2-4-6-5-3-1;1-3(2,4(6,7)8)5(9,10)11;1-5(2,3)4;11*1-2/h1-18H;4*1-6H;1-2H3;1-4H3;5*1-2H3;6*2H,1H3. The molecule has 0 aromatic heterocycles. The molecular formula is C75H114F6O6. The Morgan fingerprint density at radius 1 is 0.230 bits per heavy atom. The van der Waals surface area contributed by atoms with Crippen LogP contribution in [0.3, 0.4) is 0 Å². The van der Waals surface area contributed by atoms with E-state index >= 15 is 0 Å². The first-order chi connectivity index (χ1) is 41.9. The quantitative estimate of drug-likeness (QED) is 0.0959. The Morgan fingerprint density at radius 3 is 0.494 bits per heavy atom. The predicted octanol–water partition coefficient (Wildman–Crippen LogP) is 20.8. The van der Waals surface area contributed by atoms with Crippen molar-refractivity contribution in [3.05, 3.63) is 277 Å². The number of rotatable bonds is 2. The molecule has 9 rings (SSSR count). The Hall–Kier alpha value is -6.90. The first kappa shape index (κ1) is 99.1. The molecule has 0 spiro atoms. The second kappa shape index (κ2) is 69.9. The number of hydrogen-bond acceptors (Lipinski definition) is 6. The second-order valence-electron chi connectivity index (χ2n) is 16.8. The molecule has 12 heteroatoms. The van der Waals surface area contributed by atoms with Crippen LogP contribution in [0.15, 0.2) is 255 Å². The van der Waals surface area contributed by atoms with Crippen molar-refractivity contribution in [2.45, 2.75) is 129 Å². The van der Waals surface area contributed by atoms with Crippen LogP contribution < -0.4 is 0 Å². The van der Waals surface area contributed by atoms with Gasteiger partial charge in [-0.3, -0.25) is 0 Å². The van der Waals surface area contributed by atoms with Crippen molar-refractivity contribution in [3.63, 3.8) is 0 Å². The Kier molecular flexibility index (Phi) is 79.6. The van der Waals surface area contributed by atoms with Crippen molar-refractivity contribution >= 4 is 0 Å². The zero-order valence-corrected chi connectivity index (χ0v) is 56.7. The van der Waals surface area contributed by atoms with E-state index in [-0.39, 0.29) is 19.3 Å². The van der Waals surface area contributed by atoms with E-state index in [1.54, 1.807) is 0 Å². The van der Waals surface area contributed by atoms with E-state index < -0.39 is 17.8 Å². The molecule has 0 amide bonds. The number of alkyl halides is 6. The van der Waals surface area contributed by atoms with Crippen LogP contribution >= 0.6 is 0 Å². The largest absolute Gasteiger partial charge is 0.402 e. The molecule has 87 heavy (non-hydrogen) atoms. The van der Waals surface area contributed by atoms with Crippen LogP contribution in [0, 0.1) is 10.8 Å². The van der Waals surface area contributed by atoms with Gasteiger partial charge in [-0.05, 0) is 52.6 Å². The van der Waals surface area contributed by atoms with Gasteiger partial charge >= 0.3 is 12.4 Å². The van der Waals surface area contributed by atoms with E-state index in [1.165, 1.54) is 33.4 Å².